The Morgan fingerprint density at radius 1 is 1.41 bits per heavy atom. The van der Waals surface area contributed by atoms with Crippen LogP contribution in [0.1, 0.15) is 37.6 Å². The lowest BCUT2D eigenvalue weighted by Crippen LogP contribution is -2.40. The summed E-state index contributed by atoms with van der Waals surface area (Å²) in [4.78, 5) is 34.2. The number of carbonyl (C=O) groups excluding carboxylic acids is 1. The predicted octanol–water partition coefficient (Wildman–Crippen LogP) is 2.69. The van der Waals surface area contributed by atoms with Gasteiger partial charge in [0.1, 0.15) is 6.04 Å². The Bertz CT molecular complexity index is 589. The van der Waals surface area contributed by atoms with Crippen molar-refractivity contribution in [3.63, 3.8) is 0 Å². The molecule has 22 heavy (non-hydrogen) atoms. The average molecular weight is 326 g/mol. The number of nitro benzene ring substituents is 1. The monoisotopic (exact) mass is 326 g/mol. The molecular formula is C14H18N2O5S. The van der Waals surface area contributed by atoms with Crippen LogP contribution in [0.5, 0.6) is 0 Å². The van der Waals surface area contributed by atoms with E-state index in [2.05, 4.69) is 5.32 Å². The molecule has 1 unspecified atom stereocenters. The van der Waals surface area contributed by atoms with Crippen molar-refractivity contribution in [2.45, 2.75) is 43.4 Å². The molecule has 2 N–H and O–H groups in total. The van der Waals surface area contributed by atoms with E-state index in [1.165, 1.54) is 30.0 Å². The number of carboxylic acid groups (broad SMARTS) is 1. The van der Waals surface area contributed by atoms with Crippen molar-refractivity contribution in [2.24, 2.45) is 0 Å². The van der Waals surface area contributed by atoms with Gasteiger partial charge in [0.2, 0.25) is 0 Å². The van der Waals surface area contributed by atoms with Crippen molar-refractivity contribution in [3.8, 4) is 0 Å². The average Bonchev–Trinajstić information content (AvgIpc) is 2.43. The number of nitrogens with zero attached hydrogens (tertiary/aromatic N) is 1. The predicted molar refractivity (Wildman–Crippen MR) is 83.3 cm³/mol. The van der Waals surface area contributed by atoms with Gasteiger partial charge in [0.15, 0.2) is 0 Å². The fourth-order valence-corrected chi connectivity index (χ4v) is 2.67. The van der Waals surface area contributed by atoms with E-state index in [0.29, 0.717) is 4.90 Å². The summed E-state index contributed by atoms with van der Waals surface area (Å²) in [7, 11) is 0. The molecule has 1 aromatic rings. The summed E-state index contributed by atoms with van der Waals surface area (Å²) >= 11 is 1.39. The highest BCUT2D eigenvalue weighted by molar-refractivity contribution is 8.00. The number of non-ortho nitro benzene ring substituents is 1. The molecule has 0 radical (unpaired) electrons. The van der Waals surface area contributed by atoms with Crippen LogP contribution in [-0.2, 0) is 4.79 Å². The van der Waals surface area contributed by atoms with Crippen molar-refractivity contribution in [1.82, 2.24) is 5.32 Å². The number of nitrogens with one attached hydrogen (secondary N) is 1. The van der Waals surface area contributed by atoms with Gasteiger partial charge in [0.05, 0.1) is 10.5 Å². The molecule has 1 amide bonds. The van der Waals surface area contributed by atoms with Crippen LogP contribution in [0.2, 0.25) is 0 Å². The first-order valence-corrected chi connectivity index (χ1v) is 7.63. The zero-order chi connectivity index (χ0) is 16.9. The summed E-state index contributed by atoms with van der Waals surface area (Å²) in [5, 5.41) is 22.4. The molecule has 0 aliphatic carbocycles. The Kier molecular flexibility index (Phi) is 6.36. The molecule has 8 heteroatoms. The van der Waals surface area contributed by atoms with Gasteiger partial charge in [0, 0.05) is 22.3 Å². The van der Waals surface area contributed by atoms with Gasteiger partial charge < -0.3 is 10.4 Å². The summed E-state index contributed by atoms with van der Waals surface area (Å²) in [6.45, 7) is 5.50. The van der Waals surface area contributed by atoms with Crippen LogP contribution in [-0.4, -0.2) is 33.2 Å². The van der Waals surface area contributed by atoms with Crippen LogP contribution in [0.25, 0.3) is 0 Å². The highest BCUT2D eigenvalue weighted by Crippen LogP contribution is 2.29. The van der Waals surface area contributed by atoms with Crippen molar-refractivity contribution < 1.29 is 19.6 Å². The zero-order valence-corrected chi connectivity index (χ0v) is 13.3. The maximum absolute atomic E-state index is 12.3. The lowest BCUT2D eigenvalue weighted by Gasteiger charge is -2.15. The van der Waals surface area contributed by atoms with E-state index in [1.54, 1.807) is 6.92 Å². The first kappa shape index (κ1) is 18.0. The third-order valence-electron chi connectivity index (χ3n) is 2.79. The zero-order valence-electron chi connectivity index (χ0n) is 12.5. The van der Waals surface area contributed by atoms with Gasteiger partial charge in [-0.2, -0.15) is 0 Å². The van der Waals surface area contributed by atoms with E-state index in [1.807, 2.05) is 13.8 Å². The largest absolute Gasteiger partial charge is 0.480 e. The molecule has 0 spiro atoms. The number of amides is 1. The fourth-order valence-electron chi connectivity index (χ4n) is 1.74. The molecule has 7 nitrogen and oxygen atoms in total. The lowest BCUT2D eigenvalue weighted by molar-refractivity contribution is -0.384. The molecule has 1 rings (SSSR count). The van der Waals surface area contributed by atoms with Gasteiger partial charge in [0.25, 0.3) is 11.6 Å². The molecule has 0 fully saturated rings. The Morgan fingerprint density at radius 2 is 2.05 bits per heavy atom. The van der Waals surface area contributed by atoms with E-state index in [0.717, 1.165) is 0 Å². The lowest BCUT2D eigenvalue weighted by atomic mass is 10.1. The second-order valence-corrected chi connectivity index (χ2v) is 6.50. The SMILES string of the molecule is CCC(NC(=O)c1cc([N+](=O)[O-])ccc1SC(C)C)C(=O)O. The smallest absolute Gasteiger partial charge is 0.326 e. The standard InChI is InChI=1S/C14H18N2O5S/c1-4-11(14(18)19)15-13(17)10-7-9(16(20)21)5-6-12(10)22-8(2)3/h5-8,11H,4H2,1-3H3,(H,15,17)(H,18,19). The second kappa shape index (κ2) is 7.79. The number of carboxylic acids is 1. The minimum absolute atomic E-state index is 0.118. The van der Waals surface area contributed by atoms with Crippen molar-refractivity contribution in [1.29, 1.82) is 0 Å². The number of benzene rings is 1. The topological polar surface area (TPSA) is 110 Å². The van der Waals surface area contributed by atoms with Gasteiger partial charge in [-0.15, -0.1) is 11.8 Å². The summed E-state index contributed by atoms with van der Waals surface area (Å²) < 4.78 is 0. The molecule has 0 heterocycles. The van der Waals surface area contributed by atoms with E-state index in [4.69, 9.17) is 5.11 Å². The third-order valence-corrected chi connectivity index (χ3v) is 3.87. The number of aliphatic carboxylic acids is 1. The van der Waals surface area contributed by atoms with Crippen LogP contribution < -0.4 is 5.32 Å². The van der Waals surface area contributed by atoms with Crippen LogP contribution in [0.3, 0.4) is 0 Å². The summed E-state index contributed by atoms with van der Waals surface area (Å²) in [6.07, 6.45) is 0.225. The first-order valence-electron chi connectivity index (χ1n) is 6.75. The third kappa shape index (κ3) is 4.73. The molecule has 0 saturated carbocycles. The molecular weight excluding hydrogens is 308 g/mol. The van der Waals surface area contributed by atoms with Crippen LogP contribution in [0.4, 0.5) is 5.69 Å². The number of nitro groups is 1. The molecule has 0 aliphatic heterocycles. The molecule has 1 atom stereocenters. The highest BCUT2D eigenvalue weighted by Gasteiger charge is 2.22. The quantitative estimate of drug-likeness (QED) is 0.453. The summed E-state index contributed by atoms with van der Waals surface area (Å²) in [6, 6.07) is 2.99. The first-order chi connectivity index (χ1) is 10.3. The fraction of sp³-hybridized carbons (Fsp3) is 0.429. The normalized spacial score (nSPS) is 12.0. The molecule has 0 aliphatic rings. The van der Waals surface area contributed by atoms with Crippen molar-refractivity contribution in [2.75, 3.05) is 0 Å². The molecule has 0 bridgehead atoms. The van der Waals surface area contributed by atoms with E-state index < -0.39 is 22.8 Å². The Balaban J connectivity index is 3.16. The van der Waals surface area contributed by atoms with Gasteiger partial charge in [-0.3, -0.25) is 14.9 Å². The Labute approximate surface area is 132 Å². The van der Waals surface area contributed by atoms with E-state index in [9.17, 15) is 19.7 Å². The molecule has 0 saturated heterocycles. The van der Waals surface area contributed by atoms with Gasteiger partial charge in [-0.05, 0) is 12.5 Å². The van der Waals surface area contributed by atoms with Gasteiger partial charge in [-0.25, -0.2) is 4.79 Å². The number of rotatable bonds is 7. The number of hydrogen-bond acceptors (Lipinski definition) is 5. The van der Waals surface area contributed by atoms with Crippen LogP contribution >= 0.6 is 11.8 Å². The van der Waals surface area contributed by atoms with Gasteiger partial charge >= 0.3 is 5.97 Å². The summed E-state index contributed by atoms with van der Waals surface area (Å²) in [5.41, 5.74) is -0.0887. The second-order valence-electron chi connectivity index (χ2n) is 4.88. The minimum atomic E-state index is -1.14. The molecule has 1 aromatic carbocycles. The number of hydrogen-bond donors (Lipinski definition) is 2. The maximum atomic E-state index is 12.3. The van der Waals surface area contributed by atoms with E-state index in [-0.39, 0.29) is 22.9 Å². The minimum Gasteiger partial charge on any atom is -0.480 e. The van der Waals surface area contributed by atoms with Gasteiger partial charge in [-0.1, -0.05) is 20.8 Å². The number of thioether (sulfide) groups is 1. The number of carbonyl (C=O) groups is 2. The summed E-state index contributed by atoms with van der Waals surface area (Å²) in [5.74, 6) is -1.76. The van der Waals surface area contributed by atoms with Crippen molar-refractivity contribution in [3.05, 3.63) is 33.9 Å². The highest BCUT2D eigenvalue weighted by atomic mass is 32.2. The Hall–Kier alpha value is -2.09. The maximum Gasteiger partial charge on any atom is 0.326 e. The van der Waals surface area contributed by atoms with Crippen LogP contribution in [0, 0.1) is 10.1 Å². The van der Waals surface area contributed by atoms with E-state index >= 15 is 0 Å². The molecule has 120 valence electrons. The van der Waals surface area contributed by atoms with Crippen LogP contribution in [0.15, 0.2) is 23.1 Å². The van der Waals surface area contributed by atoms with Crippen molar-refractivity contribution >= 4 is 29.3 Å². The molecule has 0 aromatic heterocycles. The Morgan fingerprint density at radius 3 is 2.50 bits per heavy atom.